The largest absolute Gasteiger partial charge is 0.361 e. The number of nitrogens with zero attached hydrogens (tertiary/aromatic N) is 3. The van der Waals surface area contributed by atoms with E-state index in [2.05, 4.69) is 37.9 Å². The normalized spacial score (nSPS) is 12.7. The molecule has 0 bridgehead atoms. The minimum absolute atomic E-state index is 0.0536. The van der Waals surface area contributed by atoms with Crippen molar-refractivity contribution in [3.63, 3.8) is 0 Å². The second kappa shape index (κ2) is 8.37. The van der Waals surface area contributed by atoms with E-state index in [1.165, 1.54) is 30.6 Å². The fourth-order valence-electron chi connectivity index (χ4n) is 4.65. The predicted molar refractivity (Wildman–Crippen MR) is 133 cm³/mol. The average Bonchev–Trinajstić information content (AvgIpc) is 3.53. The highest BCUT2D eigenvalue weighted by Crippen LogP contribution is 2.26. The number of carbonyl (C=O) groups is 1. The van der Waals surface area contributed by atoms with Crippen LogP contribution in [0.15, 0.2) is 65.8 Å². The van der Waals surface area contributed by atoms with Crippen LogP contribution in [0.5, 0.6) is 0 Å². The van der Waals surface area contributed by atoms with Gasteiger partial charge in [0.1, 0.15) is 5.56 Å². The van der Waals surface area contributed by atoms with Crippen LogP contribution in [0.25, 0.3) is 27.6 Å². The van der Waals surface area contributed by atoms with E-state index in [1.807, 2.05) is 36.5 Å². The average molecular weight is 467 g/mol. The molecule has 174 valence electrons. The van der Waals surface area contributed by atoms with Gasteiger partial charge in [-0.25, -0.2) is 10.5 Å². The Kier molecular flexibility index (Phi) is 5.04. The predicted octanol–water partition coefficient (Wildman–Crippen LogP) is 3.79. The van der Waals surface area contributed by atoms with E-state index >= 15 is 0 Å². The maximum absolute atomic E-state index is 13.2. The number of aryl methyl sites for hydroxylation is 2. The number of pyridine rings is 1. The van der Waals surface area contributed by atoms with E-state index in [-0.39, 0.29) is 10.9 Å². The zero-order valence-electron chi connectivity index (χ0n) is 19.0. The first kappa shape index (κ1) is 21.1. The molecule has 0 fully saturated rings. The van der Waals surface area contributed by atoms with Gasteiger partial charge in [0.2, 0.25) is 11.4 Å². The number of fused-ring (bicyclic) bond motifs is 3. The minimum atomic E-state index is -0.628. The van der Waals surface area contributed by atoms with Gasteiger partial charge in [0.05, 0.1) is 12.5 Å². The fraction of sp³-hybridized carbons (Fsp3) is 0.154. The Bertz CT molecular complexity index is 1670. The summed E-state index contributed by atoms with van der Waals surface area (Å²) in [5.74, 6) is -0.285. The van der Waals surface area contributed by atoms with Crippen LogP contribution in [0, 0.1) is 0 Å². The van der Waals surface area contributed by atoms with Gasteiger partial charge in [-0.15, -0.1) is 0 Å². The lowest BCUT2D eigenvalue weighted by molar-refractivity contribution is 0.0536. The third-order valence-corrected chi connectivity index (χ3v) is 6.35. The van der Waals surface area contributed by atoms with Crippen LogP contribution in [0.4, 0.5) is 11.6 Å². The summed E-state index contributed by atoms with van der Waals surface area (Å²) in [4.78, 5) is 42.7. The second-order valence-electron chi connectivity index (χ2n) is 8.52. The first-order valence-electron chi connectivity index (χ1n) is 11.3. The maximum atomic E-state index is 13.2. The lowest BCUT2D eigenvalue weighted by atomic mass is 10.1. The number of hydroxylamine groups is 1. The van der Waals surface area contributed by atoms with E-state index in [4.69, 9.17) is 4.84 Å². The molecular weight excluding hydrogens is 444 g/mol. The zero-order valence-corrected chi connectivity index (χ0v) is 19.0. The molecule has 6 rings (SSSR count). The Morgan fingerprint density at radius 1 is 1.11 bits per heavy atom. The van der Waals surface area contributed by atoms with Gasteiger partial charge in [-0.2, -0.15) is 4.98 Å². The smallest absolute Gasteiger partial charge is 0.280 e. The highest BCUT2D eigenvalue weighted by Gasteiger charge is 2.19. The fourth-order valence-corrected chi connectivity index (χ4v) is 4.65. The lowest BCUT2D eigenvalue weighted by Crippen LogP contribution is -2.29. The number of aromatic nitrogens is 4. The van der Waals surface area contributed by atoms with Crippen molar-refractivity contribution in [2.45, 2.75) is 19.3 Å². The van der Waals surface area contributed by atoms with Crippen molar-refractivity contribution >= 4 is 39.5 Å². The quantitative estimate of drug-likeness (QED) is 0.340. The van der Waals surface area contributed by atoms with Crippen molar-refractivity contribution in [2.75, 3.05) is 12.4 Å². The third kappa shape index (κ3) is 3.71. The molecule has 9 heteroatoms. The van der Waals surface area contributed by atoms with Crippen molar-refractivity contribution in [3.8, 4) is 5.69 Å². The molecule has 1 amide bonds. The Hall–Kier alpha value is -4.50. The number of H-pyrrole nitrogens is 1. The first-order valence-corrected chi connectivity index (χ1v) is 11.3. The summed E-state index contributed by atoms with van der Waals surface area (Å²) >= 11 is 0. The van der Waals surface area contributed by atoms with Crippen LogP contribution < -0.4 is 16.2 Å². The monoisotopic (exact) mass is 466 g/mol. The van der Waals surface area contributed by atoms with Crippen molar-refractivity contribution in [1.82, 2.24) is 25.0 Å². The number of rotatable bonds is 5. The van der Waals surface area contributed by atoms with E-state index < -0.39 is 11.3 Å². The van der Waals surface area contributed by atoms with Crippen LogP contribution in [-0.4, -0.2) is 32.5 Å². The molecule has 5 aromatic rings. The maximum Gasteiger partial charge on any atom is 0.280 e. The zero-order chi connectivity index (χ0) is 23.9. The van der Waals surface area contributed by atoms with Crippen LogP contribution in [0.3, 0.4) is 0 Å². The number of aromatic amines is 1. The van der Waals surface area contributed by atoms with Gasteiger partial charge in [-0.1, -0.05) is 6.07 Å². The summed E-state index contributed by atoms with van der Waals surface area (Å²) < 4.78 is 1.77. The number of hydrogen-bond donors (Lipinski definition) is 3. The molecule has 0 atom stereocenters. The summed E-state index contributed by atoms with van der Waals surface area (Å²) in [6.07, 6.45) is 8.03. The van der Waals surface area contributed by atoms with E-state index in [1.54, 1.807) is 4.57 Å². The van der Waals surface area contributed by atoms with Gasteiger partial charge in [0.15, 0.2) is 5.65 Å². The highest BCUT2D eigenvalue weighted by atomic mass is 16.6. The molecule has 0 radical (unpaired) electrons. The Morgan fingerprint density at radius 3 is 2.89 bits per heavy atom. The first-order chi connectivity index (χ1) is 17.1. The molecule has 0 unspecified atom stereocenters. The molecule has 3 heterocycles. The van der Waals surface area contributed by atoms with E-state index in [0.29, 0.717) is 11.6 Å². The molecule has 3 aromatic heterocycles. The van der Waals surface area contributed by atoms with E-state index in [9.17, 15) is 9.59 Å². The van der Waals surface area contributed by atoms with Crippen LogP contribution in [0.2, 0.25) is 0 Å². The summed E-state index contributed by atoms with van der Waals surface area (Å²) in [5.41, 5.74) is 7.39. The van der Waals surface area contributed by atoms with Crippen molar-refractivity contribution < 1.29 is 9.63 Å². The topological polar surface area (TPSA) is 114 Å². The van der Waals surface area contributed by atoms with Crippen molar-refractivity contribution in [1.29, 1.82) is 0 Å². The summed E-state index contributed by atoms with van der Waals surface area (Å²) in [6.45, 7) is 0. The molecular formula is C26H22N6O3. The third-order valence-electron chi connectivity index (χ3n) is 6.35. The highest BCUT2D eigenvalue weighted by molar-refractivity contribution is 5.96. The van der Waals surface area contributed by atoms with Crippen molar-refractivity contribution in [2.24, 2.45) is 0 Å². The second-order valence-corrected chi connectivity index (χ2v) is 8.52. The standard InChI is InChI=1S/C26H22N6O3/c1-35-31-25(34)21-14-32(19-7-5-15-3-2-4-16(15)12-19)24-20(23(21)33)13-28-26(30-24)29-18-6-8-22-17(11-18)9-10-27-22/h5-14,27H,2-4H2,1H3,(H,31,34)(H,28,29,30). The number of benzene rings is 2. The van der Waals surface area contributed by atoms with Gasteiger partial charge in [-0.05, 0) is 66.8 Å². The summed E-state index contributed by atoms with van der Waals surface area (Å²) in [6, 6.07) is 14.1. The van der Waals surface area contributed by atoms with Gasteiger partial charge < -0.3 is 14.9 Å². The molecule has 1 aliphatic rings. The van der Waals surface area contributed by atoms with Crippen LogP contribution in [-0.2, 0) is 17.7 Å². The van der Waals surface area contributed by atoms with Crippen molar-refractivity contribution in [3.05, 3.63) is 88.0 Å². The van der Waals surface area contributed by atoms with Gasteiger partial charge in [0.25, 0.3) is 5.91 Å². The molecule has 1 aliphatic carbocycles. The number of anilines is 2. The Balaban J connectivity index is 1.51. The molecule has 2 aromatic carbocycles. The minimum Gasteiger partial charge on any atom is -0.361 e. The number of nitrogens with one attached hydrogen (secondary N) is 3. The van der Waals surface area contributed by atoms with Gasteiger partial charge >= 0.3 is 0 Å². The Labute approximate surface area is 199 Å². The Morgan fingerprint density at radius 2 is 2.00 bits per heavy atom. The molecule has 0 aliphatic heterocycles. The number of amides is 1. The lowest BCUT2D eigenvalue weighted by Gasteiger charge is -2.15. The summed E-state index contributed by atoms with van der Waals surface area (Å²) in [5, 5.41) is 4.52. The molecule has 9 nitrogen and oxygen atoms in total. The van der Waals surface area contributed by atoms with Gasteiger partial charge in [0, 0.05) is 40.9 Å². The number of carbonyl (C=O) groups excluding carboxylic acids is 1. The molecule has 0 saturated carbocycles. The van der Waals surface area contributed by atoms with Crippen LogP contribution in [0.1, 0.15) is 27.9 Å². The summed E-state index contributed by atoms with van der Waals surface area (Å²) in [7, 11) is 1.32. The van der Waals surface area contributed by atoms with E-state index in [0.717, 1.165) is 41.5 Å². The molecule has 35 heavy (non-hydrogen) atoms. The van der Waals surface area contributed by atoms with Gasteiger partial charge in [-0.3, -0.25) is 14.4 Å². The SMILES string of the molecule is CONC(=O)c1cn(-c2ccc3c(c2)CCC3)c2nc(Nc3ccc4[nH]ccc4c3)ncc2c1=O. The molecule has 0 spiro atoms. The number of hydrogen-bond acceptors (Lipinski definition) is 6. The van der Waals surface area contributed by atoms with Crippen LogP contribution >= 0.6 is 0 Å². The molecule has 0 saturated heterocycles. The molecule has 3 N–H and O–H groups in total.